The topological polar surface area (TPSA) is 55.6 Å². The van der Waals surface area contributed by atoms with Gasteiger partial charge in [-0.15, -0.1) is 0 Å². The molecule has 1 aromatic rings. The van der Waals surface area contributed by atoms with Crippen LogP contribution in [0.25, 0.3) is 0 Å². The number of nitrogens with zero attached hydrogens (tertiary/aromatic N) is 1. The number of piperidine rings is 1. The van der Waals surface area contributed by atoms with E-state index in [9.17, 15) is 4.79 Å². The van der Waals surface area contributed by atoms with Crippen molar-refractivity contribution in [3.8, 4) is 5.75 Å². The summed E-state index contributed by atoms with van der Waals surface area (Å²) in [6.45, 7) is 4.02. The van der Waals surface area contributed by atoms with Crippen LogP contribution in [0.4, 0.5) is 0 Å². The first-order valence-electron chi connectivity index (χ1n) is 7.50. The van der Waals surface area contributed by atoms with Crippen molar-refractivity contribution in [2.45, 2.75) is 38.6 Å². The SMILES string of the molecule is CCOc1cccc(C(=O)N2CCCCC2CCN)c1. The number of nitrogens with two attached hydrogens (primary N) is 1. The number of carbonyl (C=O) groups excluding carboxylic acids is 1. The molecule has 4 nitrogen and oxygen atoms in total. The van der Waals surface area contributed by atoms with Gasteiger partial charge in [0.2, 0.25) is 0 Å². The summed E-state index contributed by atoms with van der Waals surface area (Å²) in [5, 5.41) is 0. The Kier molecular flexibility index (Phi) is 5.41. The van der Waals surface area contributed by atoms with E-state index >= 15 is 0 Å². The van der Waals surface area contributed by atoms with Gasteiger partial charge in [-0.05, 0) is 57.4 Å². The number of amides is 1. The molecule has 1 unspecified atom stereocenters. The molecule has 4 heteroatoms. The van der Waals surface area contributed by atoms with E-state index in [1.807, 2.05) is 36.1 Å². The van der Waals surface area contributed by atoms with Gasteiger partial charge >= 0.3 is 0 Å². The van der Waals surface area contributed by atoms with Crippen LogP contribution in [0.2, 0.25) is 0 Å². The zero-order valence-electron chi connectivity index (χ0n) is 12.2. The summed E-state index contributed by atoms with van der Waals surface area (Å²) in [6, 6.07) is 7.74. The van der Waals surface area contributed by atoms with Crippen LogP contribution >= 0.6 is 0 Å². The molecule has 0 bridgehead atoms. The molecule has 0 aliphatic carbocycles. The van der Waals surface area contributed by atoms with Gasteiger partial charge in [0.1, 0.15) is 5.75 Å². The molecule has 2 N–H and O–H groups in total. The van der Waals surface area contributed by atoms with E-state index in [-0.39, 0.29) is 11.9 Å². The second kappa shape index (κ2) is 7.29. The molecule has 1 aliphatic heterocycles. The standard InChI is InChI=1S/C16H24N2O2/c1-2-20-15-8-5-6-13(12-15)16(19)18-11-4-3-7-14(18)9-10-17/h5-6,8,12,14H,2-4,7,9-11,17H2,1H3. The number of ether oxygens (including phenoxy) is 1. The molecule has 0 spiro atoms. The van der Waals surface area contributed by atoms with Gasteiger partial charge < -0.3 is 15.4 Å². The smallest absolute Gasteiger partial charge is 0.254 e. The van der Waals surface area contributed by atoms with Gasteiger partial charge in [0.25, 0.3) is 5.91 Å². The maximum absolute atomic E-state index is 12.7. The van der Waals surface area contributed by atoms with Crippen molar-refractivity contribution in [2.24, 2.45) is 5.73 Å². The highest BCUT2D eigenvalue weighted by Crippen LogP contribution is 2.23. The fourth-order valence-electron chi connectivity index (χ4n) is 2.81. The van der Waals surface area contributed by atoms with Gasteiger partial charge in [-0.2, -0.15) is 0 Å². The van der Waals surface area contributed by atoms with Crippen LogP contribution in [-0.2, 0) is 0 Å². The highest BCUT2D eigenvalue weighted by molar-refractivity contribution is 5.94. The Morgan fingerprint density at radius 3 is 3.05 bits per heavy atom. The van der Waals surface area contributed by atoms with Gasteiger partial charge in [0.05, 0.1) is 6.61 Å². The molecule has 1 heterocycles. The van der Waals surface area contributed by atoms with E-state index in [0.29, 0.717) is 18.7 Å². The summed E-state index contributed by atoms with van der Waals surface area (Å²) in [5.74, 6) is 0.857. The van der Waals surface area contributed by atoms with Crippen molar-refractivity contribution in [1.29, 1.82) is 0 Å². The third kappa shape index (κ3) is 3.51. The van der Waals surface area contributed by atoms with Crippen LogP contribution in [0, 0.1) is 0 Å². The molecule has 0 aromatic heterocycles. The van der Waals surface area contributed by atoms with E-state index in [1.54, 1.807) is 0 Å². The summed E-state index contributed by atoms with van der Waals surface area (Å²) in [5.41, 5.74) is 6.37. The van der Waals surface area contributed by atoms with Crippen LogP contribution in [0.15, 0.2) is 24.3 Å². The van der Waals surface area contributed by atoms with Crippen LogP contribution in [0.5, 0.6) is 5.75 Å². The Hall–Kier alpha value is -1.55. The summed E-state index contributed by atoms with van der Waals surface area (Å²) in [6.07, 6.45) is 4.22. The number of likely N-dealkylation sites (tertiary alicyclic amines) is 1. The Balaban J connectivity index is 2.13. The Morgan fingerprint density at radius 1 is 1.45 bits per heavy atom. The first-order chi connectivity index (χ1) is 9.76. The molecule has 20 heavy (non-hydrogen) atoms. The Morgan fingerprint density at radius 2 is 2.30 bits per heavy atom. The van der Waals surface area contributed by atoms with Crippen molar-refractivity contribution >= 4 is 5.91 Å². The zero-order valence-corrected chi connectivity index (χ0v) is 12.2. The summed E-state index contributed by atoms with van der Waals surface area (Å²) in [7, 11) is 0. The van der Waals surface area contributed by atoms with Gasteiger partial charge in [-0.1, -0.05) is 6.07 Å². The fourth-order valence-corrected chi connectivity index (χ4v) is 2.81. The quantitative estimate of drug-likeness (QED) is 0.898. The van der Waals surface area contributed by atoms with E-state index in [1.165, 1.54) is 6.42 Å². The minimum Gasteiger partial charge on any atom is -0.494 e. The Labute approximate surface area is 120 Å². The van der Waals surface area contributed by atoms with Crippen molar-refractivity contribution in [2.75, 3.05) is 19.7 Å². The van der Waals surface area contributed by atoms with Gasteiger partial charge in [0.15, 0.2) is 0 Å². The minimum atomic E-state index is 0.102. The van der Waals surface area contributed by atoms with E-state index < -0.39 is 0 Å². The fraction of sp³-hybridized carbons (Fsp3) is 0.562. The highest BCUT2D eigenvalue weighted by atomic mass is 16.5. The maximum Gasteiger partial charge on any atom is 0.254 e. The monoisotopic (exact) mass is 276 g/mol. The number of carbonyl (C=O) groups is 1. The summed E-state index contributed by atoms with van der Waals surface area (Å²) < 4.78 is 5.47. The molecule has 110 valence electrons. The molecule has 1 aliphatic rings. The van der Waals surface area contributed by atoms with Crippen LogP contribution < -0.4 is 10.5 Å². The van der Waals surface area contributed by atoms with Gasteiger partial charge in [-0.25, -0.2) is 0 Å². The molecule has 0 radical (unpaired) electrons. The first-order valence-corrected chi connectivity index (χ1v) is 7.50. The average molecular weight is 276 g/mol. The maximum atomic E-state index is 12.7. The Bertz CT molecular complexity index is 446. The third-order valence-corrected chi connectivity index (χ3v) is 3.78. The van der Waals surface area contributed by atoms with Crippen LogP contribution in [0.1, 0.15) is 43.0 Å². The molecular weight excluding hydrogens is 252 g/mol. The predicted octanol–water partition coefficient (Wildman–Crippen LogP) is 2.43. The predicted molar refractivity (Wildman–Crippen MR) is 80.0 cm³/mol. The largest absolute Gasteiger partial charge is 0.494 e. The van der Waals surface area contributed by atoms with Crippen molar-refractivity contribution in [3.05, 3.63) is 29.8 Å². The third-order valence-electron chi connectivity index (χ3n) is 3.78. The van der Waals surface area contributed by atoms with Crippen molar-refractivity contribution in [3.63, 3.8) is 0 Å². The number of rotatable bonds is 5. The molecule has 1 saturated heterocycles. The van der Waals surface area contributed by atoms with E-state index in [2.05, 4.69) is 0 Å². The lowest BCUT2D eigenvalue weighted by atomic mass is 9.98. The number of benzene rings is 1. The van der Waals surface area contributed by atoms with E-state index in [0.717, 1.165) is 31.6 Å². The lowest BCUT2D eigenvalue weighted by Crippen LogP contribution is -2.44. The molecule has 2 rings (SSSR count). The summed E-state index contributed by atoms with van der Waals surface area (Å²) >= 11 is 0. The van der Waals surface area contributed by atoms with Crippen LogP contribution in [-0.4, -0.2) is 36.5 Å². The zero-order chi connectivity index (χ0) is 14.4. The molecule has 1 aromatic carbocycles. The van der Waals surface area contributed by atoms with Crippen molar-refractivity contribution < 1.29 is 9.53 Å². The average Bonchev–Trinajstić information content (AvgIpc) is 2.48. The second-order valence-electron chi connectivity index (χ2n) is 5.19. The first kappa shape index (κ1) is 14.9. The molecule has 1 fully saturated rings. The molecule has 1 amide bonds. The van der Waals surface area contributed by atoms with E-state index in [4.69, 9.17) is 10.5 Å². The lowest BCUT2D eigenvalue weighted by molar-refractivity contribution is 0.0604. The van der Waals surface area contributed by atoms with Gasteiger partial charge in [0, 0.05) is 18.2 Å². The molecule has 0 saturated carbocycles. The highest BCUT2D eigenvalue weighted by Gasteiger charge is 2.26. The van der Waals surface area contributed by atoms with Gasteiger partial charge in [-0.3, -0.25) is 4.79 Å². The minimum absolute atomic E-state index is 0.102. The summed E-state index contributed by atoms with van der Waals surface area (Å²) in [4.78, 5) is 14.7. The van der Waals surface area contributed by atoms with Crippen molar-refractivity contribution in [1.82, 2.24) is 4.90 Å². The van der Waals surface area contributed by atoms with Crippen LogP contribution in [0.3, 0.4) is 0 Å². The molecular formula is C16H24N2O2. The molecule has 1 atom stereocenters. The normalized spacial score (nSPS) is 18.9. The second-order valence-corrected chi connectivity index (χ2v) is 5.19. The number of hydrogen-bond donors (Lipinski definition) is 1. The number of hydrogen-bond acceptors (Lipinski definition) is 3. The lowest BCUT2D eigenvalue weighted by Gasteiger charge is -2.35.